The van der Waals surface area contributed by atoms with E-state index in [4.69, 9.17) is 9.47 Å². The number of ether oxygens (including phenoxy) is 2. The van der Waals surface area contributed by atoms with Crippen molar-refractivity contribution in [3.63, 3.8) is 0 Å². The Hall–Kier alpha value is -1.88. The summed E-state index contributed by atoms with van der Waals surface area (Å²) in [5.74, 6) is -0.432. The standard InChI is InChI=1S/C18H25NO4/c1-14-6-3-4-7-15(14)12-19(13-18(21)22-2)17(20)10-9-16-8-5-11-23-16/h3-4,6-7,16H,5,8-13H2,1-2H3/t16-/m1/s1. The second-order valence-corrected chi connectivity index (χ2v) is 5.93. The van der Waals surface area contributed by atoms with Gasteiger partial charge in [-0.2, -0.15) is 0 Å². The molecule has 0 radical (unpaired) electrons. The molecular weight excluding hydrogens is 294 g/mol. The molecule has 0 aromatic heterocycles. The van der Waals surface area contributed by atoms with Crippen LogP contribution in [0.1, 0.15) is 36.8 Å². The van der Waals surface area contributed by atoms with Crippen LogP contribution in [0.3, 0.4) is 0 Å². The van der Waals surface area contributed by atoms with Crippen molar-refractivity contribution in [2.45, 2.75) is 45.3 Å². The molecule has 1 atom stereocenters. The summed E-state index contributed by atoms with van der Waals surface area (Å²) >= 11 is 0. The van der Waals surface area contributed by atoms with Crippen molar-refractivity contribution in [1.82, 2.24) is 4.90 Å². The van der Waals surface area contributed by atoms with Gasteiger partial charge in [0.1, 0.15) is 6.54 Å². The van der Waals surface area contributed by atoms with Gasteiger partial charge < -0.3 is 14.4 Å². The van der Waals surface area contributed by atoms with Gasteiger partial charge in [-0.15, -0.1) is 0 Å². The minimum absolute atomic E-state index is 0.0187. The Morgan fingerprint density at radius 1 is 1.35 bits per heavy atom. The van der Waals surface area contributed by atoms with Gasteiger partial charge in [0, 0.05) is 19.6 Å². The van der Waals surface area contributed by atoms with E-state index in [1.165, 1.54) is 7.11 Å². The van der Waals surface area contributed by atoms with Crippen molar-refractivity contribution in [2.24, 2.45) is 0 Å². The zero-order valence-electron chi connectivity index (χ0n) is 13.9. The van der Waals surface area contributed by atoms with Crippen LogP contribution < -0.4 is 0 Å². The van der Waals surface area contributed by atoms with Crippen LogP contribution in [0.15, 0.2) is 24.3 Å². The first-order chi connectivity index (χ1) is 11.1. The van der Waals surface area contributed by atoms with E-state index in [-0.39, 0.29) is 18.6 Å². The summed E-state index contributed by atoms with van der Waals surface area (Å²) in [6.07, 6.45) is 3.37. The molecule has 126 valence electrons. The number of carbonyl (C=O) groups is 2. The smallest absolute Gasteiger partial charge is 0.325 e. The molecule has 0 unspecified atom stereocenters. The maximum absolute atomic E-state index is 12.5. The normalized spacial score (nSPS) is 17.0. The summed E-state index contributed by atoms with van der Waals surface area (Å²) in [6, 6.07) is 7.88. The highest BCUT2D eigenvalue weighted by molar-refractivity contribution is 5.82. The maximum atomic E-state index is 12.5. The van der Waals surface area contributed by atoms with E-state index in [2.05, 4.69) is 0 Å². The highest BCUT2D eigenvalue weighted by Gasteiger charge is 2.22. The van der Waals surface area contributed by atoms with Crippen molar-refractivity contribution in [3.05, 3.63) is 35.4 Å². The van der Waals surface area contributed by atoms with Gasteiger partial charge in [0.15, 0.2) is 0 Å². The fourth-order valence-electron chi connectivity index (χ4n) is 2.76. The zero-order valence-corrected chi connectivity index (χ0v) is 13.9. The topological polar surface area (TPSA) is 55.8 Å². The number of aryl methyl sites for hydroxylation is 1. The first kappa shape index (κ1) is 17.5. The molecule has 1 aliphatic rings. The van der Waals surface area contributed by atoms with Crippen molar-refractivity contribution < 1.29 is 19.1 Å². The molecule has 1 heterocycles. The fourth-order valence-corrected chi connectivity index (χ4v) is 2.76. The molecule has 1 aliphatic heterocycles. The van der Waals surface area contributed by atoms with Crippen molar-refractivity contribution in [3.8, 4) is 0 Å². The van der Waals surface area contributed by atoms with E-state index in [1.54, 1.807) is 4.90 Å². The Labute approximate surface area is 137 Å². The lowest BCUT2D eigenvalue weighted by Gasteiger charge is -2.23. The van der Waals surface area contributed by atoms with Crippen LogP contribution in [0.5, 0.6) is 0 Å². The maximum Gasteiger partial charge on any atom is 0.325 e. The Balaban J connectivity index is 1.98. The molecule has 1 fully saturated rings. The molecule has 0 aliphatic carbocycles. The molecule has 0 N–H and O–H groups in total. The summed E-state index contributed by atoms with van der Waals surface area (Å²) in [5, 5.41) is 0. The third-order valence-electron chi connectivity index (χ3n) is 4.23. The van der Waals surface area contributed by atoms with E-state index >= 15 is 0 Å². The van der Waals surface area contributed by atoms with Gasteiger partial charge in [-0.05, 0) is 37.3 Å². The average Bonchev–Trinajstić information content (AvgIpc) is 3.07. The minimum Gasteiger partial charge on any atom is -0.468 e. The van der Waals surface area contributed by atoms with Gasteiger partial charge in [-0.1, -0.05) is 24.3 Å². The molecule has 23 heavy (non-hydrogen) atoms. The lowest BCUT2D eigenvalue weighted by Crippen LogP contribution is -2.36. The second-order valence-electron chi connectivity index (χ2n) is 5.93. The second kappa shape index (κ2) is 8.67. The molecule has 1 saturated heterocycles. The zero-order chi connectivity index (χ0) is 16.7. The third kappa shape index (κ3) is 5.36. The quantitative estimate of drug-likeness (QED) is 0.725. The molecule has 5 nitrogen and oxygen atoms in total. The summed E-state index contributed by atoms with van der Waals surface area (Å²) in [5.41, 5.74) is 2.15. The predicted octanol–water partition coefficient (Wildman–Crippen LogP) is 2.46. The number of carbonyl (C=O) groups excluding carboxylic acids is 2. The van der Waals surface area contributed by atoms with Crippen LogP contribution in [-0.4, -0.2) is 43.1 Å². The molecule has 1 aromatic rings. The molecule has 0 bridgehead atoms. The predicted molar refractivity (Wildman–Crippen MR) is 86.8 cm³/mol. The summed E-state index contributed by atoms with van der Waals surface area (Å²) in [7, 11) is 1.34. The number of methoxy groups -OCH3 is 1. The Morgan fingerprint density at radius 3 is 2.78 bits per heavy atom. The molecule has 0 saturated carbocycles. The number of esters is 1. The van der Waals surface area contributed by atoms with Gasteiger partial charge >= 0.3 is 5.97 Å². The average molecular weight is 319 g/mol. The Morgan fingerprint density at radius 2 is 2.13 bits per heavy atom. The van der Waals surface area contributed by atoms with Gasteiger partial charge in [-0.3, -0.25) is 9.59 Å². The monoisotopic (exact) mass is 319 g/mol. The molecule has 2 rings (SSSR count). The lowest BCUT2D eigenvalue weighted by atomic mass is 10.1. The minimum atomic E-state index is -0.399. The van der Waals surface area contributed by atoms with Crippen LogP contribution in [0.25, 0.3) is 0 Å². The highest BCUT2D eigenvalue weighted by atomic mass is 16.5. The lowest BCUT2D eigenvalue weighted by molar-refractivity contribution is -0.147. The van der Waals surface area contributed by atoms with Crippen molar-refractivity contribution in [1.29, 1.82) is 0 Å². The number of benzene rings is 1. The van der Waals surface area contributed by atoms with Crippen LogP contribution >= 0.6 is 0 Å². The van der Waals surface area contributed by atoms with E-state index in [0.29, 0.717) is 19.4 Å². The summed E-state index contributed by atoms with van der Waals surface area (Å²) in [6.45, 7) is 3.19. The van der Waals surface area contributed by atoms with Crippen LogP contribution in [-0.2, 0) is 25.6 Å². The number of nitrogens with zero attached hydrogens (tertiary/aromatic N) is 1. The molecule has 0 spiro atoms. The van der Waals surface area contributed by atoms with Gasteiger partial charge in [0.05, 0.1) is 13.2 Å². The van der Waals surface area contributed by atoms with Gasteiger partial charge in [0.2, 0.25) is 5.91 Å². The fraction of sp³-hybridized carbons (Fsp3) is 0.556. The largest absolute Gasteiger partial charge is 0.468 e. The molecule has 5 heteroatoms. The third-order valence-corrected chi connectivity index (χ3v) is 4.23. The van der Waals surface area contributed by atoms with Crippen molar-refractivity contribution in [2.75, 3.05) is 20.3 Å². The van der Waals surface area contributed by atoms with E-state index in [9.17, 15) is 9.59 Å². The number of hydrogen-bond acceptors (Lipinski definition) is 4. The van der Waals surface area contributed by atoms with E-state index in [1.807, 2.05) is 31.2 Å². The van der Waals surface area contributed by atoms with Gasteiger partial charge in [0.25, 0.3) is 0 Å². The highest BCUT2D eigenvalue weighted by Crippen LogP contribution is 2.18. The van der Waals surface area contributed by atoms with E-state index in [0.717, 1.165) is 30.6 Å². The number of hydrogen-bond donors (Lipinski definition) is 0. The number of amides is 1. The first-order valence-electron chi connectivity index (χ1n) is 8.11. The molecular formula is C18H25NO4. The first-order valence-corrected chi connectivity index (χ1v) is 8.11. The molecule has 1 amide bonds. The van der Waals surface area contributed by atoms with E-state index < -0.39 is 5.97 Å². The summed E-state index contributed by atoms with van der Waals surface area (Å²) < 4.78 is 10.3. The van der Waals surface area contributed by atoms with Crippen LogP contribution in [0.4, 0.5) is 0 Å². The Bertz CT molecular complexity index is 538. The Kier molecular flexibility index (Phi) is 6.59. The number of rotatable bonds is 7. The van der Waals surface area contributed by atoms with Crippen LogP contribution in [0.2, 0.25) is 0 Å². The van der Waals surface area contributed by atoms with Crippen LogP contribution in [0, 0.1) is 6.92 Å². The summed E-state index contributed by atoms with van der Waals surface area (Å²) in [4.78, 5) is 25.7. The SMILES string of the molecule is COC(=O)CN(Cc1ccccc1C)C(=O)CC[C@H]1CCCO1. The molecule has 1 aromatic carbocycles. The van der Waals surface area contributed by atoms with Gasteiger partial charge in [-0.25, -0.2) is 0 Å². The van der Waals surface area contributed by atoms with Crippen molar-refractivity contribution >= 4 is 11.9 Å².